The summed E-state index contributed by atoms with van der Waals surface area (Å²) in [5, 5.41) is 4.11. The molecule has 11 heavy (non-hydrogen) atoms. The SMILES string of the molecule is O=Cc1nn2c(c1Br)CCC2. The highest BCUT2D eigenvalue weighted by molar-refractivity contribution is 9.10. The maximum Gasteiger partial charge on any atom is 0.171 e. The maximum absolute atomic E-state index is 10.4. The quantitative estimate of drug-likeness (QED) is 0.663. The number of rotatable bonds is 1. The van der Waals surface area contributed by atoms with E-state index in [1.165, 1.54) is 0 Å². The van der Waals surface area contributed by atoms with E-state index in [1.807, 2.05) is 4.68 Å². The largest absolute Gasteiger partial charge is 0.296 e. The summed E-state index contributed by atoms with van der Waals surface area (Å²) in [6.07, 6.45) is 2.96. The second kappa shape index (κ2) is 2.44. The number of fused-ring (bicyclic) bond motifs is 1. The Balaban J connectivity index is 2.57. The molecule has 58 valence electrons. The van der Waals surface area contributed by atoms with Crippen LogP contribution >= 0.6 is 15.9 Å². The Hall–Kier alpha value is -0.640. The third-order valence-electron chi connectivity index (χ3n) is 1.91. The number of aldehydes is 1. The van der Waals surface area contributed by atoms with Crippen LogP contribution in [0.5, 0.6) is 0 Å². The van der Waals surface area contributed by atoms with Crippen LogP contribution in [0.15, 0.2) is 4.47 Å². The van der Waals surface area contributed by atoms with Crippen molar-refractivity contribution < 1.29 is 4.79 Å². The van der Waals surface area contributed by atoms with Gasteiger partial charge in [0.2, 0.25) is 0 Å². The van der Waals surface area contributed by atoms with Crippen LogP contribution in [-0.2, 0) is 13.0 Å². The van der Waals surface area contributed by atoms with E-state index in [9.17, 15) is 4.79 Å². The van der Waals surface area contributed by atoms with Crippen LogP contribution in [-0.4, -0.2) is 16.1 Å². The van der Waals surface area contributed by atoms with Crippen molar-refractivity contribution in [1.29, 1.82) is 0 Å². The fraction of sp³-hybridized carbons (Fsp3) is 0.429. The molecule has 1 aromatic rings. The van der Waals surface area contributed by atoms with Crippen molar-refractivity contribution in [3.8, 4) is 0 Å². The molecule has 1 aromatic heterocycles. The lowest BCUT2D eigenvalue weighted by molar-refractivity contribution is 0.111. The first-order chi connectivity index (χ1) is 5.33. The number of carbonyl (C=O) groups excluding carboxylic acids is 1. The predicted molar refractivity (Wildman–Crippen MR) is 43.6 cm³/mol. The Morgan fingerprint density at radius 2 is 2.45 bits per heavy atom. The summed E-state index contributed by atoms with van der Waals surface area (Å²) in [6, 6.07) is 0. The van der Waals surface area contributed by atoms with Crippen molar-refractivity contribution in [3.63, 3.8) is 0 Å². The van der Waals surface area contributed by atoms with Crippen molar-refractivity contribution in [2.45, 2.75) is 19.4 Å². The van der Waals surface area contributed by atoms with Crippen LogP contribution in [0.4, 0.5) is 0 Å². The lowest BCUT2D eigenvalue weighted by Crippen LogP contribution is -1.94. The molecule has 0 bridgehead atoms. The van der Waals surface area contributed by atoms with Gasteiger partial charge in [0.15, 0.2) is 6.29 Å². The van der Waals surface area contributed by atoms with Crippen LogP contribution in [0.2, 0.25) is 0 Å². The first-order valence-electron chi connectivity index (χ1n) is 3.53. The standard InChI is InChI=1S/C7H7BrN2O/c8-7-5(4-11)9-10-3-1-2-6(7)10/h4H,1-3H2. The van der Waals surface area contributed by atoms with Crippen molar-refractivity contribution in [1.82, 2.24) is 9.78 Å². The fourth-order valence-corrected chi connectivity index (χ4v) is 1.97. The third kappa shape index (κ3) is 0.929. The minimum Gasteiger partial charge on any atom is -0.296 e. The first kappa shape index (κ1) is 7.03. The molecule has 2 rings (SSSR count). The van der Waals surface area contributed by atoms with E-state index in [4.69, 9.17) is 0 Å². The number of carbonyl (C=O) groups is 1. The van der Waals surface area contributed by atoms with E-state index in [2.05, 4.69) is 21.0 Å². The Morgan fingerprint density at radius 3 is 3.09 bits per heavy atom. The summed E-state index contributed by atoms with van der Waals surface area (Å²) in [5.74, 6) is 0. The number of nitrogens with zero attached hydrogens (tertiary/aromatic N) is 2. The Morgan fingerprint density at radius 1 is 1.64 bits per heavy atom. The zero-order valence-corrected chi connectivity index (χ0v) is 7.47. The number of hydrogen-bond donors (Lipinski definition) is 0. The van der Waals surface area contributed by atoms with Gasteiger partial charge in [-0.2, -0.15) is 5.10 Å². The molecule has 4 heteroatoms. The van der Waals surface area contributed by atoms with Crippen molar-refractivity contribution >= 4 is 22.2 Å². The van der Waals surface area contributed by atoms with Gasteiger partial charge in [0.1, 0.15) is 5.69 Å². The number of aryl methyl sites for hydroxylation is 1. The van der Waals surface area contributed by atoms with E-state index in [0.29, 0.717) is 5.69 Å². The van der Waals surface area contributed by atoms with E-state index in [0.717, 1.165) is 35.8 Å². The summed E-state index contributed by atoms with van der Waals surface area (Å²) in [5.41, 5.74) is 1.69. The fourth-order valence-electron chi connectivity index (χ4n) is 1.39. The molecular weight excluding hydrogens is 208 g/mol. The molecule has 3 nitrogen and oxygen atoms in total. The number of hydrogen-bond acceptors (Lipinski definition) is 2. The Bertz CT molecular complexity index is 306. The van der Waals surface area contributed by atoms with Crippen LogP contribution in [0, 0.1) is 0 Å². The number of aromatic nitrogens is 2. The molecule has 1 aliphatic heterocycles. The lowest BCUT2D eigenvalue weighted by Gasteiger charge is -1.89. The molecule has 0 saturated carbocycles. The van der Waals surface area contributed by atoms with Crippen molar-refractivity contribution in [3.05, 3.63) is 15.9 Å². The molecule has 0 radical (unpaired) electrons. The molecule has 0 atom stereocenters. The minimum atomic E-state index is 0.528. The molecular formula is C7H7BrN2O. The molecule has 0 aliphatic carbocycles. The van der Waals surface area contributed by atoms with Gasteiger partial charge in [0, 0.05) is 6.54 Å². The van der Waals surface area contributed by atoms with Gasteiger partial charge in [-0.25, -0.2) is 0 Å². The lowest BCUT2D eigenvalue weighted by atomic mass is 10.3. The maximum atomic E-state index is 10.4. The van der Waals surface area contributed by atoms with Crippen LogP contribution in [0.1, 0.15) is 22.6 Å². The van der Waals surface area contributed by atoms with Gasteiger partial charge in [-0.15, -0.1) is 0 Å². The summed E-state index contributed by atoms with van der Waals surface area (Å²) < 4.78 is 2.78. The van der Waals surface area contributed by atoms with E-state index in [1.54, 1.807) is 0 Å². The zero-order valence-electron chi connectivity index (χ0n) is 5.88. The smallest absolute Gasteiger partial charge is 0.171 e. The van der Waals surface area contributed by atoms with Crippen molar-refractivity contribution in [2.75, 3.05) is 0 Å². The average molecular weight is 215 g/mol. The topological polar surface area (TPSA) is 34.9 Å². The molecule has 0 fully saturated rings. The third-order valence-corrected chi connectivity index (χ3v) is 2.78. The highest BCUT2D eigenvalue weighted by atomic mass is 79.9. The van der Waals surface area contributed by atoms with E-state index in [-0.39, 0.29) is 0 Å². The zero-order chi connectivity index (χ0) is 7.84. The van der Waals surface area contributed by atoms with Gasteiger partial charge in [0.25, 0.3) is 0 Å². The molecule has 0 unspecified atom stereocenters. The van der Waals surface area contributed by atoms with Gasteiger partial charge in [-0.1, -0.05) is 0 Å². The second-order valence-electron chi connectivity index (χ2n) is 2.59. The van der Waals surface area contributed by atoms with Crippen LogP contribution in [0.3, 0.4) is 0 Å². The van der Waals surface area contributed by atoms with Crippen LogP contribution < -0.4 is 0 Å². The summed E-state index contributed by atoms with van der Waals surface area (Å²) in [4.78, 5) is 10.4. The summed E-state index contributed by atoms with van der Waals surface area (Å²) in [6.45, 7) is 0.946. The summed E-state index contributed by atoms with van der Waals surface area (Å²) in [7, 11) is 0. The van der Waals surface area contributed by atoms with Crippen molar-refractivity contribution in [2.24, 2.45) is 0 Å². The van der Waals surface area contributed by atoms with E-state index < -0.39 is 0 Å². The molecule has 0 spiro atoms. The highest BCUT2D eigenvalue weighted by Gasteiger charge is 2.18. The summed E-state index contributed by atoms with van der Waals surface area (Å²) >= 11 is 3.35. The molecule has 2 heterocycles. The number of halogens is 1. The highest BCUT2D eigenvalue weighted by Crippen LogP contribution is 2.25. The van der Waals surface area contributed by atoms with Gasteiger partial charge in [0.05, 0.1) is 10.2 Å². The average Bonchev–Trinajstić information content (AvgIpc) is 2.53. The molecule has 1 aliphatic rings. The monoisotopic (exact) mass is 214 g/mol. The molecule has 0 aromatic carbocycles. The first-order valence-corrected chi connectivity index (χ1v) is 4.32. The van der Waals surface area contributed by atoms with Crippen LogP contribution in [0.25, 0.3) is 0 Å². The molecule has 0 amide bonds. The molecule has 0 N–H and O–H groups in total. The Kier molecular flexibility index (Phi) is 1.56. The predicted octanol–water partition coefficient (Wildman–Crippen LogP) is 1.40. The van der Waals surface area contributed by atoms with Gasteiger partial charge in [-0.05, 0) is 28.8 Å². The van der Waals surface area contributed by atoms with Gasteiger partial charge in [-0.3, -0.25) is 9.48 Å². The molecule has 0 saturated heterocycles. The normalized spacial score (nSPS) is 15.0. The minimum absolute atomic E-state index is 0.528. The second-order valence-corrected chi connectivity index (χ2v) is 3.38. The van der Waals surface area contributed by atoms with Gasteiger partial charge >= 0.3 is 0 Å². The Labute approximate surface area is 72.5 Å². The van der Waals surface area contributed by atoms with Gasteiger partial charge < -0.3 is 0 Å². The van der Waals surface area contributed by atoms with E-state index >= 15 is 0 Å².